The monoisotopic (exact) mass is 1640 g/mol. The van der Waals surface area contributed by atoms with Gasteiger partial charge in [-0.2, -0.15) is 5.26 Å². The van der Waals surface area contributed by atoms with Gasteiger partial charge in [0.05, 0.1) is 43.6 Å². The Hall–Kier alpha value is -5.72. The van der Waals surface area contributed by atoms with E-state index < -0.39 is 5.97 Å². The average molecular weight is 1650 g/mol. The molecule has 1 aliphatic heterocycles. The molecule has 12 nitrogen and oxygen atoms in total. The number of carbonyl (C=O) groups excluding carboxylic acids is 2. The summed E-state index contributed by atoms with van der Waals surface area (Å²) < 4.78 is 13.0. The van der Waals surface area contributed by atoms with Crippen LogP contribution < -0.4 is 11.2 Å². The fourth-order valence-electron chi connectivity index (χ4n) is 9.01. The number of esters is 1. The van der Waals surface area contributed by atoms with Gasteiger partial charge in [0.15, 0.2) is 11.4 Å². The van der Waals surface area contributed by atoms with Gasteiger partial charge in [0.25, 0.3) is 5.91 Å². The van der Waals surface area contributed by atoms with Crippen molar-refractivity contribution in [2.75, 3.05) is 25.4 Å². The predicted molar refractivity (Wildman–Crippen MR) is 393 cm³/mol. The quantitative estimate of drug-likeness (QED) is 0.0653. The minimum atomic E-state index is -0.466. The number of carbonyl (C=O) groups is 2. The third-order valence-electron chi connectivity index (χ3n) is 13.5. The Morgan fingerprint density at radius 1 is 0.565 bits per heavy atom. The fraction of sp³-hybridized carbons (Fsp3) is 0.147. The van der Waals surface area contributed by atoms with Crippen molar-refractivity contribution in [3.63, 3.8) is 0 Å². The van der Waals surface area contributed by atoms with E-state index in [2.05, 4.69) is 74.1 Å². The lowest BCUT2D eigenvalue weighted by molar-refractivity contribution is 0.0519. The maximum Gasteiger partial charge on any atom is 0.358 e. The molecule has 0 radical (unpaired) electrons. The number of hydrazine groups is 1. The van der Waals surface area contributed by atoms with Crippen LogP contribution in [0, 0.1) is 30.6 Å². The van der Waals surface area contributed by atoms with E-state index in [-0.39, 0.29) is 18.2 Å². The van der Waals surface area contributed by atoms with Crippen LogP contribution in [0.3, 0.4) is 0 Å². The zero-order chi connectivity index (χ0) is 66.8. The molecule has 0 saturated carbocycles. The standard InChI is InChI=1S/C22H21BrCl2N4O.C19H15BrCl2N2O2.C14H10BrCl2N.C7H3Cl2N.C6H6BrN/c1-14-20(22(30)27-28-11-3-2-4-12-28)26-21(18-10-7-16(24)13-19(18)25)29(14)17-8-5-15(23)6-9-17;1-3-26-19(25)17-11(2)24(14-7-4-12(20)5-8-14)18(23-17)15-9-6-13(21)10-16(15)22;15-10-3-1-9(2-4-10)7-14(18)12-6-5-11(16)8-13(12)17;8-6-2-1-5(4-10)7(9)3-6;7-5-1-3-6(8)4-2-5/h5-10,13H,2-4,11-12H2,1H3,(H,27,30);4-10H,3H2,1-2H3;1-6,8,18H,7H2;1-3H;1-4H,8H2. The topological polar surface area (TPSA) is 168 Å². The second kappa shape index (κ2) is 35.7. The zero-order valence-electron chi connectivity index (χ0n) is 49.1. The highest BCUT2D eigenvalue weighted by atomic mass is 79.9. The van der Waals surface area contributed by atoms with Crippen molar-refractivity contribution in [2.45, 2.75) is 46.5 Å². The van der Waals surface area contributed by atoms with Crippen LogP contribution in [0.4, 0.5) is 5.69 Å². The van der Waals surface area contributed by atoms with Gasteiger partial charge in [0.2, 0.25) is 0 Å². The van der Waals surface area contributed by atoms with Crippen LogP contribution in [0.5, 0.6) is 0 Å². The number of nitrogens with one attached hydrogen (secondary N) is 2. The number of amides is 1. The van der Waals surface area contributed by atoms with Gasteiger partial charge in [0, 0.05) is 97.0 Å². The molecule has 4 N–H and O–H groups in total. The number of halogens is 12. The average Bonchev–Trinajstić information content (AvgIpc) is 1.63. The van der Waals surface area contributed by atoms with Gasteiger partial charge in [-0.15, -0.1) is 0 Å². The van der Waals surface area contributed by atoms with Crippen molar-refractivity contribution < 1.29 is 14.3 Å². The highest BCUT2D eigenvalue weighted by Gasteiger charge is 2.26. The second-order valence-corrected chi connectivity index (χ2v) is 27.1. The van der Waals surface area contributed by atoms with E-state index in [1.807, 2.05) is 137 Å². The van der Waals surface area contributed by atoms with Crippen molar-refractivity contribution in [1.29, 1.82) is 10.7 Å². The number of nitriles is 1. The van der Waals surface area contributed by atoms with Gasteiger partial charge in [-0.25, -0.2) is 19.8 Å². The summed E-state index contributed by atoms with van der Waals surface area (Å²) in [5.74, 6) is 0.471. The number of anilines is 1. The fourth-order valence-corrected chi connectivity index (χ4v) is 12.0. The molecule has 10 aromatic rings. The lowest BCUT2D eigenvalue weighted by Crippen LogP contribution is -2.45. The molecule has 1 aliphatic rings. The molecular weight excluding hydrogens is 1590 g/mol. The van der Waals surface area contributed by atoms with E-state index in [4.69, 9.17) is 119 Å². The number of nitrogens with zero attached hydrogens (tertiary/aromatic N) is 6. The van der Waals surface area contributed by atoms with Crippen LogP contribution >= 0.6 is 157 Å². The maximum atomic E-state index is 13.1. The zero-order valence-corrected chi connectivity index (χ0v) is 61.5. The number of nitrogens with two attached hydrogens (primary N) is 1. The number of rotatable bonds is 11. The summed E-state index contributed by atoms with van der Waals surface area (Å²) in [5, 5.41) is 22.6. The Kier molecular flexibility index (Phi) is 28.6. The van der Waals surface area contributed by atoms with Crippen molar-refractivity contribution in [1.82, 2.24) is 29.5 Å². The highest BCUT2D eigenvalue weighted by Crippen LogP contribution is 2.36. The van der Waals surface area contributed by atoms with Crippen LogP contribution in [0.25, 0.3) is 34.2 Å². The molecule has 0 spiro atoms. The Balaban J connectivity index is 0.000000175. The molecule has 474 valence electrons. The summed E-state index contributed by atoms with van der Waals surface area (Å²) in [7, 11) is 0. The van der Waals surface area contributed by atoms with E-state index in [1.54, 1.807) is 73.7 Å². The number of benzene rings is 8. The van der Waals surface area contributed by atoms with Crippen molar-refractivity contribution in [2.24, 2.45) is 0 Å². The molecule has 0 unspecified atom stereocenters. The second-order valence-electron chi connectivity index (χ2n) is 20.0. The van der Waals surface area contributed by atoms with E-state index in [1.165, 1.54) is 6.42 Å². The first kappa shape index (κ1) is 73.7. The third-order valence-corrected chi connectivity index (χ3v) is 17.8. The Bertz CT molecular complexity index is 4240. The first-order chi connectivity index (χ1) is 43.9. The third kappa shape index (κ3) is 20.9. The van der Waals surface area contributed by atoms with Crippen LogP contribution in [0.15, 0.2) is 188 Å². The Morgan fingerprint density at radius 3 is 1.41 bits per heavy atom. The Morgan fingerprint density at radius 2 is 0.978 bits per heavy atom. The molecular formula is C68H55Br4Cl8N9O3. The molecule has 24 heteroatoms. The highest BCUT2D eigenvalue weighted by molar-refractivity contribution is 9.11. The van der Waals surface area contributed by atoms with Crippen LogP contribution in [0.2, 0.25) is 40.2 Å². The van der Waals surface area contributed by atoms with Crippen LogP contribution in [0.1, 0.15) is 75.2 Å². The van der Waals surface area contributed by atoms with E-state index in [9.17, 15) is 9.59 Å². The number of piperidine rings is 1. The number of nitrogen functional groups attached to an aromatic ring is 1. The SMILES string of the molecule is CCOC(=O)c1nc(-c2ccc(Cl)cc2Cl)n(-c2ccc(Br)cc2)c1C.Cc1c(C(=O)NN2CCCCC2)nc(-c2ccc(Cl)cc2Cl)n1-c1ccc(Br)cc1.N#Cc1ccc(Cl)cc1Cl.N=C(Cc1ccc(Br)cc1)c1ccc(Cl)cc1Cl.Nc1ccc(Br)cc1. The normalized spacial score (nSPS) is 11.6. The molecule has 0 aliphatic carbocycles. The molecule has 11 rings (SSSR count). The summed E-state index contributed by atoms with van der Waals surface area (Å²) in [6.07, 6.45) is 3.91. The minimum Gasteiger partial charge on any atom is -0.461 e. The maximum absolute atomic E-state index is 13.1. The number of hydrogen-bond acceptors (Lipinski definition) is 9. The van der Waals surface area contributed by atoms with Crippen molar-refractivity contribution in [3.8, 4) is 40.2 Å². The van der Waals surface area contributed by atoms with Gasteiger partial charge in [0.1, 0.15) is 17.7 Å². The lowest BCUT2D eigenvalue weighted by atomic mass is 10.0. The van der Waals surface area contributed by atoms with Gasteiger partial charge in [-0.05, 0) is 191 Å². The minimum absolute atomic E-state index is 0.211. The Labute approximate surface area is 607 Å². The molecule has 3 heterocycles. The number of ether oxygens (including phenoxy) is 1. The first-order valence-corrected chi connectivity index (χ1v) is 34.1. The van der Waals surface area contributed by atoms with E-state index in [0.717, 1.165) is 77.7 Å². The molecule has 1 fully saturated rings. The first-order valence-electron chi connectivity index (χ1n) is 27.9. The molecule has 1 amide bonds. The van der Waals surface area contributed by atoms with Gasteiger partial charge in [-0.1, -0.05) is 181 Å². The molecule has 0 atom stereocenters. The molecule has 0 bridgehead atoms. The largest absolute Gasteiger partial charge is 0.461 e. The molecule has 2 aromatic heterocycles. The smallest absolute Gasteiger partial charge is 0.358 e. The van der Waals surface area contributed by atoms with Crippen molar-refractivity contribution in [3.05, 3.63) is 267 Å². The predicted octanol–water partition coefficient (Wildman–Crippen LogP) is 22.4. The van der Waals surface area contributed by atoms with Crippen LogP contribution in [-0.2, 0) is 11.2 Å². The number of aromatic nitrogens is 4. The molecule has 92 heavy (non-hydrogen) atoms. The van der Waals surface area contributed by atoms with Gasteiger partial charge < -0.3 is 15.9 Å². The summed E-state index contributed by atoms with van der Waals surface area (Å²) in [6, 6.07) is 53.3. The molecule has 1 saturated heterocycles. The van der Waals surface area contributed by atoms with E-state index in [0.29, 0.717) is 92.0 Å². The van der Waals surface area contributed by atoms with Crippen LogP contribution in [-0.4, -0.2) is 61.4 Å². The summed E-state index contributed by atoms with van der Waals surface area (Å²) in [5.41, 5.74) is 17.1. The number of hydrogen-bond donors (Lipinski definition) is 3. The summed E-state index contributed by atoms with van der Waals surface area (Å²) in [6.45, 7) is 7.47. The number of imidazole rings is 2. The van der Waals surface area contributed by atoms with E-state index >= 15 is 0 Å². The molecule has 8 aromatic carbocycles. The van der Waals surface area contributed by atoms with Gasteiger partial charge in [-0.3, -0.25) is 19.4 Å². The van der Waals surface area contributed by atoms with Gasteiger partial charge >= 0.3 is 5.97 Å². The summed E-state index contributed by atoms with van der Waals surface area (Å²) >= 11 is 61.7. The lowest BCUT2D eigenvalue weighted by Gasteiger charge is -2.26. The summed E-state index contributed by atoms with van der Waals surface area (Å²) in [4.78, 5) is 34.6. The van der Waals surface area contributed by atoms with Crippen molar-refractivity contribution >= 4 is 180 Å².